The number of aryl methyl sites for hydroxylation is 2. The number of aromatic nitrogens is 1. The summed E-state index contributed by atoms with van der Waals surface area (Å²) >= 11 is 3.26. The molecule has 3 nitrogen and oxygen atoms in total. The van der Waals surface area contributed by atoms with E-state index in [4.69, 9.17) is 4.42 Å². The molecule has 0 amide bonds. The zero-order valence-electron chi connectivity index (χ0n) is 8.95. The van der Waals surface area contributed by atoms with Gasteiger partial charge in [-0.15, -0.1) is 0 Å². The van der Waals surface area contributed by atoms with Gasteiger partial charge >= 0.3 is 0 Å². The molecular formula is C12H10BrNO2. The molecule has 2 rings (SSSR count). The average Bonchev–Trinajstić information content (AvgIpc) is 2.63. The Morgan fingerprint density at radius 1 is 1.44 bits per heavy atom. The van der Waals surface area contributed by atoms with Gasteiger partial charge in [0.05, 0.1) is 10.7 Å². The number of furan rings is 1. The maximum atomic E-state index is 12.1. The molecule has 0 unspecified atom stereocenters. The first-order chi connectivity index (χ1) is 7.59. The first-order valence-electron chi connectivity index (χ1n) is 4.80. The molecule has 82 valence electrons. The number of nitrogens with zero attached hydrogens (tertiary/aromatic N) is 1. The van der Waals surface area contributed by atoms with Crippen LogP contribution in [0.4, 0.5) is 0 Å². The molecule has 0 radical (unpaired) electrons. The number of rotatable bonds is 2. The lowest BCUT2D eigenvalue weighted by Gasteiger charge is -2.03. The minimum Gasteiger partial charge on any atom is -0.460 e. The van der Waals surface area contributed by atoms with Crippen molar-refractivity contribution in [1.82, 2.24) is 4.98 Å². The molecule has 0 aliphatic carbocycles. The molecule has 4 heteroatoms. The topological polar surface area (TPSA) is 43.1 Å². The number of hydrogen-bond donors (Lipinski definition) is 0. The fourth-order valence-corrected chi connectivity index (χ4v) is 1.90. The first-order valence-corrected chi connectivity index (χ1v) is 5.60. The SMILES string of the molecule is Cc1cnc(C(=O)c2occc2Br)c(C)c1. The van der Waals surface area contributed by atoms with E-state index >= 15 is 0 Å². The van der Waals surface area contributed by atoms with Crippen LogP contribution in [0.25, 0.3) is 0 Å². The Balaban J connectivity index is 2.46. The van der Waals surface area contributed by atoms with Gasteiger partial charge in [0.1, 0.15) is 5.69 Å². The predicted molar refractivity (Wildman–Crippen MR) is 63.6 cm³/mol. The third-order valence-electron chi connectivity index (χ3n) is 2.25. The molecule has 0 aliphatic rings. The summed E-state index contributed by atoms with van der Waals surface area (Å²) in [6.07, 6.45) is 3.15. The van der Waals surface area contributed by atoms with Gasteiger partial charge in [-0.25, -0.2) is 0 Å². The number of pyridine rings is 1. The standard InChI is InChI=1S/C12H10BrNO2/c1-7-5-8(2)10(14-6-7)11(15)12-9(13)3-4-16-12/h3-6H,1-2H3. The maximum absolute atomic E-state index is 12.1. The molecule has 16 heavy (non-hydrogen) atoms. The lowest BCUT2D eigenvalue weighted by atomic mass is 10.1. The van der Waals surface area contributed by atoms with E-state index in [9.17, 15) is 4.79 Å². The molecule has 0 spiro atoms. The van der Waals surface area contributed by atoms with Gasteiger partial charge < -0.3 is 4.42 Å². The lowest BCUT2D eigenvalue weighted by Crippen LogP contribution is -2.06. The summed E-state index contributed by atoms with van der Waals surface area (Å²) in [7, 11) is 0. The van der Waals surface area contributed by atoms with Gasteiger partial charge in [-0.3, -0.25) is 9.78 Å². The molecule has 0 fully saturated rings. The fraction of sp³-hybridized carbons (Fsp3) is 0.167. The number of carbonyl (C=O) groups excluding carboxylic acids is 1. The van der Waals surface area contributed by atoms with Crippen LogP contribution in [-0.2, 0) is 0 Å². The van der Waals surface area contributed by atoms with Crippen LogP contribution < -0.4 is 0 Å². The van der Waals surface area contributed by atoms with E-state index < -0.39 is 0 Å². The maximum Gasteiger partial charge on any atom is 0.247 e. The van der Waals surface area contributed by atoms with Crippen LogP contribution in [0.5, 0.6) is 0 Å². The van der Waals surface area contributed by atoms with Gasteiger partial charge in [0.15, 0.2) is 5.76 Å². The molecule has 0 aromatic carbocycles. The van der Waals surface area contributed by atoms with Crippen molar-refractivity contribution >= 4 is 21.7 Å². The van der Waals surface area contributed by atoms with Crippen molar-refractivity contribution < 1.29 is 9.21 Å². The highest BCUT2D eigenvalue weighted by atomic mass is 79.9. The smallest absolute Gasteiger partial charge is 0.247 e. The Kier molecular flexibility index (Phi) is 2.92. The average molecular weight is 280 g/mol. The zero-order valence-corrected chi connectivity index (χ0v) is 10.5. The molecule has 0 aliphatic heterocycles. The number of ketones is 1. The molecule has 0 saturated heterocycles. The Bertz CT molecular complexity index is 546. The highest BCUT2D eigenvalue weighted by Gasteiger charge is 2.19. The molecule has 2 aromatic heterocycles. The van der Waals surface area contributed by atoms with E-state index in [0.717, 1.165) is 11.1 Å². The predicted octanol–water partition coefficient (Wildman–Crippen LogP) is 3.28. The summed E-state index contributed by atoms with van der Waals surface area (Å²) in [5.41, 5.74) is 2.32. The van der Waals surface area contributed by atoms with Crippen molar-refractivity contribution in [2.75, 3.05) is 0 Å². The van der Waals surface area contributed by atoms with Crippen LogP contribution >= 0.6 is 15.9 Å². The fourth-order valence-electron chi connectivity index (χ4n) is 1.52. The highest BCUT2D eigenvalue weighted by molar-refractivity contribution is 9.10. The highest BCUT2D eigenvalue weighted by Crippen LogP contribution is 2.21. The monoisotopic (exact) mass is 279 g/mol. The molecule has 0 bridgehead atoms. The normalized spacial score (nSPS) is 10.4. The second-order valence-electron chi connectivity index (χ2n) is 3.60. The third-order valence-corrected chi connectivity index (χ3v) is 2.88. The van der Waals surface area contributed by atoms with Crippen molar-refractivity contribution in [3.8, 4) is 0 Å². The van der Waals surface area contributed by atoms with Crippen LogP contribution in [0, 0.1) is 13.8 Å². The van der Waals surface area contributed by atoms with E-state index in [1.54, 1.807) is 12.3 Å². The van der Waals surface area contributed by atoms with Gasteiger partial charge in [-0.2, -0.15) is 0 Å². The summed E-state index contributed by atoms with van der Waals surface area (Å²) in [6, 6.07) is 3.62. The van der Waals surface area contributed by atoms with Crippen molar-refractivity contribution in [3.05, 3.63) is 51.6 Å². The second-order valence-corrected chi connectivity index (χ2v) is 4.46. The van der Waals surface area contributed by atoms with E-state index in [2.05, 4.69) is 20.9 Å². The van der Waals surface area contributed by atoms with Crippen molar-refractivity contribution in [2.24, 2.45) is 0 Å². The lowest BCUT2D eigenvalue weighted by molar-refractivity contribution is 0.100. The van der Waals surface area contributed by atoms with Crippen molar-refractivity contribution in [3.63, 3.8) is 0 Å². The molecule has 0 atom stereocenters. The molecule has 2 heterocycles. The van der Waals surface area contributed by atoms with E-state index in [1.807, 2.05) is 19.9 Å². The quantitative estimate of drug-likeness (QED) is 0.793. The summed E-state index contributed by atoms with van der Waals surface area (Å²) < 4.78 is 5.78. The molecule has 0 N–H and O–H groups in total. The van der Waals surface area contributed by atoms with E-state index in [0.29, 0.717) is 15.9 Å². The molecule has 0 saturated carbocycles. The van der Waals surface area contributed by atoms with Crippen LogP contribution in [0.1, 0.15) is 27.4 Å². The Hall–Kier alpha value is -1.42. The molecular weight excluding hydrogens is 270 g/mol. The van der Waals surface area contributed by atoms with Crippen LogP contribution in [0.15, 0.2) is 33.5 Å². The Labute approximate surface area is 102 Å². The Morgan fingerprint density at radius 3 is 2.75 bits per heavy atom. The summed E-state index contributed by atoms with van der Waals surface area (Å²) in [5.74, 6) is 0.0915. The van der Waals surface area contributed by atoms with Gasteiger partial charge in [-0.05, 0) is 47.0 Å². The second kappa shape index (κ2) is 4.22. The largest absolute Gasteiger partial charge is 0.460 e. The third kappa shape index (κ3) is 1.93. The van der Waals surface area contributed by atoms with Crippen molar-refractivity contribution in [2.45, 2.75) is 13.8 Å². The van der Waals surface area contributed by atoms with Crippen LogP contribution in [0.3, 0.4) is 0 Å². The van der Waals surface area contributed by atoms with E-state index in [1.165, 1.54) is 6.26 Å². The Morgan fingerprint density at radius 2 is 2.19 bits per heavy atom. The van der Waals surface area contributed by atoms with Crippen LogP contribution in [0.2, 0.25) is 0 Å². The summed E-state index contributed by atoms with van der Waals surface area (Å²) in [4.78, 5) is 16.2. The number of carbonyl (C=O) groups is 1. The number of hydrogen-bond acceptors (Lipinski definition) is 3. The summed E-state index contributed by atoms with van der Waals surface area (Å²) in [6.45, 7) is 3.81. The first kappa shape index (κ1) is 11.1. The zero-order chi connectivity index (χ0) is 11.7. The van der Waals surface area contributed by atoms with Gasteiger partial charge in [0.25, 0.3) is 0 Å². The van der Waals surface area contributed by atoms with Crippen molar-refractivity contribution in [1.29, 1.82) is 0 Å². The summed E-state index contributed by atoms with van der Waals surface area (Å²) in [5, 5.41) is 0. The number of halogens is 1. The van der Waals surface area contributed by atoms with Gasteiger partial charge in [0.2, 0.25) is 5.78 Å². The molecule has 2 aromatic rings. The van der Waals surface area contributed by atoms with Gasteiger partial charge in [-0.1, -0.05) is 6.07 Å². The van der Waals surface area contributed by atoms with E-state index in [-0.39, 0.29) is 5.78 Å². The minimum absolute atomic E-state index is 0.200. The van der Waals surface area contributed by atoms with Crippen LogP contribution in [-0.4, -0.2) is 10.8 Å². The van der Waals surface area contributed by atoms with Gasteiger partial charge in [0, 0.05) is 6.20 Å². The minimum atomic E-state index is -0.200.